The van der Waals surface area contributed by atoms with Crippen LogP contribution in [0.2, 0.25) is 0 Å². The fourth-order valence-electron chi connectivity index (χ4n) is 5.09. The van der Waals surface area contributed by atoms with Gasteiger partial charge in [-0.2, -0.15) is 5.10 Å². The van der Waals surface area contributed by atoms with Crippen molar-refractivity contribution >= 4 is 29.8 Å². The maximum atomic E-state index is 13.6. The number of hydrazone groups is 1. The zero-order valence-corrected chi connectivity index (χ0v) is 21.7. The maximum absolute atomic E-state index is 13.6. The average Bonchev–Trinajstić information content (AvgIpc) is 3.62. The summed E-state index contributed by atoms with van der Waals surface area (Å²) >= 11 is 0. The summed E-state index contributed by atoms with van der Waals surface area (Å²) in [5.41, 5.74) is 3.89. The molecule has 2 heterocycles. The monoisotopic (exact) mass is 521 g/mol. The minimum absolute atomic E-state index is 0.0659. The Bertz CT molecular complexity index is 1150. The van der Waals surface area contributed by atoms with Gasteiger partial charge in [0.1, 0.15) is 5.69 Å². The number of amides is 3. The lowest BCUT2D eigenvalue weighted by Gasteiger charge is -2.26. The molecule has 1 fully saturated rings. The minimum Gasteiger partial charge on any atom is -0.710 e. The van der Waals surface area contributed by atoms with E-state index >= 15 is 0 Å². The molecule has 2 N–H and O–H groups in total. The van der Waals surface area contributed by atoms with E-state index in [9.17, 15) is 19.6 Å². The zero-order chi connectivity index (χ0) is 26.9. The van der Waals surface area contributed by atoms with Crippen molar-refractivity contribution in [3.05, 3.63) is 65.0 Å². The van der Waals surface area contributed by atoms with E-state index in [2.05, 4.69) is 15.9 Å². The van der Waals surface area contributed by atoms with Crippen LogP contribution in [-0.4, -0.2) is 35.0 Å². The van der Waals surface area contributed by atoms with Gasteiger partial charge in [0.05, 0.1) is 6.61 Å². The van der Waals surface area contributed by atoms with E-state index in [1.54, 1.807) is 12.1 Å². The Morgan fingerprint density at radius 2 is 1.89 bits per heavy atom. The van der Waals surface area contributed by atoms with Gasteiger partial charge in [0.2, 0.25) is 11.8 Å². The molecule has 0 bridgehead atoms. The van der Waals surface area contributed by atoms with Crippen LogP contribution in [0.5, 0.6) is 0 Å². The second-order valence-corrected chi connectivity index (χ2v) is 9.86. The van der Waals surface area contributed by atoms with Crippen LogP contribution in [0, 0.1) is 17.0 Å². The smallest absolute Gasteiger partial charge is 0.332 e. The summed E-state index contributed by atoms with van der Waals surface area (Å²) in [7, 11) is 0. The molecule has 10 heteroatoms. The second kappa shape index (κ2) is 13.1. The molecule has 1 aliphatic carbocycles. The molecule has 10 nitrogen and oxygen atoms in total. The number of rotatable bonds is 11. The molecular weight excluding hydrogens is 486 g/mol. The Labute approximate surface area is 222 Å². The third-order valence-corrected chi connectivity index (χ3v) is 7.14. The number of benzene rings is 1. The van der Waals surface area contributed by atoms with Crippen molar-refractivity contribution in [1.82, 2.24) is 10.5 Å². The average molecular weight is 522 g/mol. The van der Waals surface area contributed by atoms with Gasteiger partial charge in [-0.15, -0.1) is 0 Å². The molecule has 0 saturated heterocycles. The van der Waals surface area contributed by atoms with E-state index in [0.29, 0.717) is 29.2 Å². The van der Waals surface area contributed by atoms with Gasteiger partial charge in [0.25, 0.3) is 5.82 Å². The van der Waals surface area contributed by atoms with Crippen molar-refractivity contribution in [3.63, 3.8) is 0 Å². The summed E-state index contributed by atoms with van der Waals surface area (Å²) in [4.78, 5) is 44.8. The highest BCUT2D eigenvalue weighted by Crippen LogP contribution is 2.33. The van der Waals surface area contributed by atoms with Gasteiger partial charge < -0.3 is 5.21 Å². The molecule has 1 saturated carbocycles. The summed E-state index contributed by atoms with van der Waals surface area (Å²) < 4.78 is 0.683. The van der Waals surface area contributed by atoms with Crippen molar-refractivity contribution in [2.75, 3.05) is 5.32 Å². The molecule has 1 aromatic heterocycles. The number of hydroxylamine groups is 1. The lowest BCUT2D eigenvalue weighted by atomic mass is 9.89. The molecule has 202 valence electrons. The standard InChI is InChI=1S/C28H35N5O5/c1-2-23-13-8-14-25(33(23)37)30-27(35)24-15-16-29-32(24)28(36)22(17-20-9-6-7-10-20)18-26(34)31-38-19-21-11-4-3-5-12-21/h3-5,8,11-14,16,20,22,24H,2,6-7,9-10,15,17-19H2,1H3,(H,30,35)(H,31,34)/t22-,24+/m1/s1. The van der Waals surface area contributed by atoms with Crippen LogP contribution in [0.1, 0.15) is 63.1 Å². The Morgan fingerprint density at radius 3 is 2.63 bits per heavy atom. The van der Waals surface area contributed by atoms with Gasteiger partial charge in [-0.05, 0) is 24.0 Å². The Kier molecular flexibility index (Phi) is 9.42. The van der Waals surface area contributed by atoms with Crippen LogP contribution in [0.3, 0.4) is 0 Å². The molecule has 0 radical (unpaired) electrons. The lowest BCUT2D eigenvalue weighted by Crippen LogP contribution is -2.47. The van der Waals surface area contributed by atoms with E-state index in [4.69, 9.17) is 4.84 Å². The lowest BCUT2D eigenvalue weighted by molar-refractivity contribution is -0.598. The highest BCUT2D eigenvalue weighted by Gasteiger charge is 2.40. The zero-order valence-electron chi connectivity index (χ0n) is 21.7. The van der Waals surface area contributed by atoms with Crippen molar-refractivity contribution < 1.29 is 24.0 Å². The molecule has 3 amide bonds. The molecule has 0 unspecified atom stereocenters. The van der Waals surface area contributed by atoms with E-state index in [1.165, 1.54) is 17.3 Å². The Balaban J connectivity index is 1.40. The summed E-state index contributed by atoms with van der Waals surface area (Å²) in [5.74, 6) is -1.46. The number of carbonyl (C=O) groups is 3. The first kappa shape index (κ1) is 27.3. The first-order valence-electron chi connectivity index (χ1n) is 13.3. The molecule has 1 aromatic carbocycles. The van der Waals surface area contributed by atoms with Gasteiger partial charge in [0, 0.05) is 37.5 Å². The molecule has 2 atom stereocenters. The van der Waals surface area contributed by atoms with Gasteiger partial charge in [-0.25, -0.2) is 25.3 Å². The van der Waals surface area contributed by atoms with Crippen LogP contribution in [0.4, 0.5) is 5.82 Å². The molecule has 2 aliphatic rings. The third kappa shape index (κ3) is 6.95. The van der Waals surface area contributed by atoms with Gasteiger partial charge >= 0.3 is 5.91 Å². The number of pyridine rings is 1. The van der Waals surface area contributed by atoms with Gasteiger partial charge in [-0.3, -0.25) is 14.4 Å². The number of aromatic nitrogens is 1. The molecular formula is C28H35N5O5. The molecule has 0 spiro atoms. The number of aryl methyl sites for hydroxylation is 1. The van der Waals surface area contributed by atoms with Crippen LogP contribution in [0.25, 0.3) is 0 Å². The summed E-state index contributed by atoms with van der Waals surface area (Å²) in [5, 5.41) is 20.5. The van der Waals surface area contributed by atoms with Crippen molar-refractivity contribution in [2.24, 2.45) is 16.9 Å². The van der Waals surface area contributed by atoms with Crippen LogP contribution < -0.4 is 15.5 Å². The fraction of sp³-hybridized carbons (Fsp3) is 0.464. The molecule has 1 aliphatic heterocycles. The predicted octanol–water partition coefficient (Wildman–Crippen LogP) is 3.24. The molecule has 4 rings (SSSR count). The first-order valence-corrected chi connectivity index (χ1v) is 13.3. The van der Waals surface area contributed by atoms with E-state index < -0.39 is 23.8 Å². The fourth-order valence-corrected chi connectivity index (χ4v) is 5.09. The number of nitrogens with one attached hydrogen (secondary N) is 2. The highest BCUT2D eigenvalue weighted by atomic mass is 16.6. The maximum Gasteiger partial charge on any atom is 0.332 e. The number of hydrogen-bond acceptors (Lipinski definition) is 6. The van der Waals surface area contributed by atoms with Crippen LogP contribution >= 0.6 is 0 Å². The third-order valence-electron chi connectivity index (χ3n) is 7.14. The predicted molar refractivity (Wildman–Crippen MR) is 141 cm³/mol. The first-order chi connectivity index (χ1) is 18.5. The molecule has 2 aromatic rings. The number of carbonyl (C=O) groups excluding carboxylic acids is 3. The topological polar surface area (TPSA) is 127 Å². The van der Waals surface area contributed by atoms with Crippen LogP contribution in [0.15, 0.2) is 53.6 Å². The summed E-state index contributed by atoms with van der Waals surface area (Å²) in [6.45, 7) is 2.07. The largest absolute Gasteiger partial charge is 0.710 e. The van der Waals surface area contributed by atoms with Crippen molar-refractivity contribution in [1.29, 1.82) is 0 Å². The normalized spacial score (nSPS) is 17.9. The number of hydrogen-bond donors (Lipinski definition) is 2. The van der Waals surface area contributed by atoms with Crippen molar-refractivity contribution in [2.45, 2.75) is 70.9 Å². The highest BCUT2D eigenvalue weighted by molar-refractivity contribution is 5.99. The van der Waals surface area contributed by atoms with E-state index in [0.717, 1.165) is 31.2 Å². The van der Waals surface area contributed by atoms with E-state index in [-0.39, 0.29) is 31.2 Å². The van der Waals surface area contributed by atoms with E-state index in [1.807, 2.05) is 37.3 Å². The Morgan fingerprint density at radius 1 is 1.13 bits per heavy atom. The van der Waals surface area contributed by atoms with Gasteiger partial charge in [0.15, 0.2) is 6.04 Å². The summed E-state index contributed by atoms with van der Waals surface area (Å²) in [6.07, 6.45) is 6.99. The number of nitrogens with zero attached hydrogens (tertiary/aromatic N) is 3. The van der Waals surface area contributed by atoms with Crippen LogP contribution in [-0.2, 0) is 32.2 Å². The SMILES string of the molecule is CCc1cccc(NC(=O)[C@@H]2CC=NN2C(=O)[C@@H](CC(=O)NOCc2ccccc2)CC2CCCC2)[n+]1[O-]. The van der Waals surface area contributed by atoms with Crippen molar-refractivity contribution in [3.8, 4) is 0 Å². The van der Waals surface area contributed by atoms with Gasteiger partial charge in [-0.1, -0.05) is 69.0 Å². The second-order valence-electron chi connectivity index (χ2n) is 9.86. The minimum atomic E-state index is -0.892. The Hall–Kier alpha value is -3.79. The quantitative estimate of drug-likeness (QED) is 0.267. The summed E-state index contributed by atoms with van der Waals surface area (Å²) in [6, 6.07) is 13.5. The molecule has 38 heavy (non-hydrogen) atoms. The number of anilines is 1.